The number of methoxy groups -OCH3 is 1. The van der Waals surface area contributed by atoms with E-state index in [1.54, 1.807) is 7.11 Å². The molecule has 0 heterocycles. The van der Waals surface area contributed by atoms with Crippen LogP contribution in [0.15, 0.2) is 18.2 Å². The molecule has 92 valence electrons. The molecule has 0 aliphatic heterocycles. The molecular formula is C14H19NO2. The first-order valence-electron chi connectivity index (χ1n) is 5.71. The van der Waals surface area contributed by atoms with Crippen molar-refractivity contribution >= 4 is 0 Å². The van der Waals surface area contributed by atoms with Gasteiger partial charge in [-0.15, -0.1) is 11.8 Å². The second kappa shape index (κ2) is 7.59. The topological polar surface area (TPSA) is 44.5 Å². The SMILES string of the molecule is CC#CCCOc1ccc(OC)cc1CCN. The Labute approximate surface area is 103 Å². The van der Waals surface area contributed by atoms with Gasteiger partial charge in [-0.3, -0.25) is 0 Å². The molecule has 3 heteroatoms. The zero-order valence-corrected chi connectivity index (χ0v) is 10.5. The lowest BCUT2D eigenvalue weighted by Crippen LogP contribution is -2.06. The van der Waals surface area contributed by atoms with Crippen molar-refractivity contribution in [3.05, 3.63) is 23.8 Å². The van der Waals surface area contributed by atoms with Crippen LogP contribution < -0.4 is 15.2 Å². The molecule has 3 nitrogen and oxygen atoms in total. The Morgan fingerprint density at radius 1 is 1.35 bits per heavy atom. The Kier molecular flexibility index (Phi) is 5.98. The monoisotopic (exact) mass is 233 g/mol. The minimum absolute atomic E-state index is 0.596. The Morgan fingerprint density at radius 2 is 2.18 bits per heavy atom. The van der Waals surface area contributed by atoms with Crippen LogP contribution in [-0.4, -0.2) is 20.3 Å². The van der Waals surface area contributed by atoms with Crippen LogP contribution >= 0.6 is 0 Å². The Morgan fingerprint density at radius 3 is 2.82 bits per heavy atom. The predicted molar refractivity (Wildman–Crippen MR) is 69.3 cm³/mol. The van der Waals surface area contributed by atoms with E-state index in [9.17, 15) is 0 Å². The molecule has 1 aromatic rings. The predicted octanol–water partition coefficient (Wildman–Crippen LogP) is 1.99. The van der Waals surface area contributed by atoms with Crippen molar-refractivity contribution in [3.8, 4) is 23.3 Å². The molecule has 0 radical (unpaired) electrons. The molecule has 0 saturated heterocycles. The van der Waals surface area contributed by atoms with E-state index in [2.05, 4.69) is 11.8 Å². The van der Waals surface area contributed by atoms with Gasteiger partial charge in [0.25, 0.3) is 0 Å². The van der Waals surface area contributed by atoms with Crippen molar-refractivity contribution in [2.24, 2.45) is 5.73 Å². The van der Waals surface area contributed by atoms with Crippen molar-refractivity contribution < 1.29 is 9.47 Å². The lowest BCUT2D eigenvalue weighted by Gasteiger charge is -2.11. The maximum atomic E-state index is 5.68. The number of benzene rings is 1. The summed E-state index contributed by atoms with van der Waals surface area (Å²) in [7, 11) is 1.65. The quantitative estimate of drug-likeness (QED) is 0.603. The first-order valence-corrected chi connectivity index (χ1v) is 5.71. The lowest BCUT2D eigenvalue weighted by atomic mass is 10.1. The van der Waals surface area contributed by atoms with Crippen LogP contribution in [0.2, 0.25) is 0 Å². The largest absolute Gasteiger partial charge is 0.497 e. The van der Waals surface area contributed by atoms with Crippen LogP contribution in [0.25, 0.3) is 0 Å². The maximum absolute atomic E-state index is 5.68. The summed E-state index contributed by atoms with van der Waals surface area (Å²) in [6.45, 7) is 3.02. The number of ether oxygens (including phenoxy) is 2. The smallest absolute Gasteiger partial charge is 0.122 e. The second-order valence-corrected chi connectivity index (χ2v) is 3.54. The van der Waals surface area contributed by atoms with Gasteiger partial charge in [0.05, 0.1) is 13.7 Å². The van der Waals surface area contributed by atoms with Crippen LogP contribution in [-0.2, 0) is 6.42 Å². The molecule has 1 rings (SSSR count). The number of hydrogen-bond donors (Lipinski definition) is 1. The van der Waals surface area contributed by atoms with Crippen molar-refractivity contribution in [3.63, 3.8) is 0 Å². The molecule has 0 saturated carbocycles. The van der Waals surface area contributed by atoms with E-state index < -0.39 is 0 Å². The molecule has 1 aromatic carbocycles. The van der Waals surface area contributed by atoms with Gasteiger partial charge in [0.1, 0.15) is 11.5 Å². The average Bonchev–Trinajstić information content (AvgIpc) is 2.36. The molecule has 0 atom stereocenters. The van der Waals surface area contributed by atoms with Crippen LogP contribution in [0.3, 0.4) is 0 Å². The van der Waals surface area contributed by atoms with Crippen molar-refractivity contribution in [1.29, 1.82) is 0 Å². The van der Waals surface area contributed by atoms with Gasteiger partial charge < -0.3 is 15.2 Å². The molecule has 0 aliphatic rings. The molecule has 17 heavy (non-hydrogen) atoms. The first-order chi connectivity index (χ1) is 8.31. The van der Waals surface area contributed by atoms with Gasteiger partial charge in [-0.1, -0.05) is 0 Å². The minimum atomic E-state index is 0.596. The van der Waals surface area contributed by atoms with E-state index >= 15 is 0 Å². The lowest BCUT2D eigenvalue weighted by molar-refractivity contribution is 0.322. The van der Waals surface area contributed by atoms with Gasteiger partial charge >= 0.3 is 0 Å². The van der Waals surface area contributed by atoms with Crippen LogP contribution in [0, 0.1) is 11.8 Å². The third kappa shape index (κ3) is 4.38. The van der Waals surface area contributed by atoms with E-state index in [0.29, 0.717) is 13.2 Å². The number of nitrogens with two attached hydrogens (primary N) is 1. The van der Waals surface area contributed by atoms with E-state index in [4.69, 9.17) is 15.2 Å². The normalized spacial score (nSPS) is 9.35. The molecule has 0 unspecified atom stereocenters. The zero-order valence-electron chi connectivity index (χ0n) is 10.5. The summed E-state index contributed by atoms with van der Waals surface area (Å²) in [6.07, 6.45) is 1.52. The molecule has 0 fully saturated rings. The van der Waals surface area contributed by atoms with Gasteiger partial charge in [0.15, 0.2) is 0 Å². The highest BCUT2D eigenvalue weighted by atomic mass is 16.5. The second-order valence-electron chi connectivity index (χ2n) is 3.54. The standard InChI is InChI=1S/C14H19NO2/c1-3-4-5-10-17-14-7-6-13(16-2)11-12(14)8-9-15/h6-7,11H,5,8-10,15H2,1-2H3. The highest BCUT2D eigenvalue weighted by molar-refractivity contribution is 5.40. The van der Waals surface area contributed by atoms with Crippen molar-refractivity contribution in [2.75, 3.05) is 20.3 Å². The van der Waals surface area contributed by atoms with E-state index in [1.165, 1.54) is 0 Å². The Hall–Kier alpha value is -1.66. The third-order valence-corrected chi connectivity index (χ3v) is 2.34. The summed E-state index contributed by atoms with van der Waals surface area (Å²) in [5.74, 6) is 7.51. The van der Waals surface area contributed by atoms with Crippen molar-refractivity contribution in [2.45, 2.75) is 19.8 Å². The molecule has 0 aliphatic carbocycles. The molecule has 0 spiro atoms. The minimum Gasteiger partial charge on any atom is -0.497 e. The summed E-state index contributed by atoms with van der Waals surface area (Å²) in [5, 5.41) is 0. The van der Waals surface area contributed by atoms with E-state index in [0.717, 1.165) is 29.9 Å². The van der Waals surface area contributed by atoms with Gasteiger partial charge in [0.2, 0.25) is 0 Å². The highest BCUT2D eigenvalue weighted by Gasteiger charge is 2.04. The highest BCUT2D eigenvalue weighted by Crippen LogP contribution is 2.24. The first kappa shape index (κ1) is 13.4. The molecule has 0 bridgehead atoms. The summed E-state index contributed by atoms with van der Waals surface area (Å²) in [5.41, 5.74) is 6.66. The van der Waals surface area contributed by atoms with Gasteiger partial charge in [-0.2, -0.15) is 0 Å². The molecular weight excluding hydrogens is 214 g/mol. The molecule has 0 aromatic heterocycles. The van der Waals surface area contributed by atoms with Crippen LogP contribution in [0.4, 0.5) is 0 Å². The maximum Gasteiger partial charge on any atom is 0.122 e. The average molecular weight is 233 g/mol. The van der Waals surface area contributed by atoms with Gasteiger partial charge in [-0.25, -0.2) is 0 Å². The number of hydrogen-bond acceptors (Lipinski definition) is 3. The summed E-state index contributed by atoms with van der Waals surface area (Å²) in [6, 6.07) is 5.78. The Bertz CT molecular complexity index is 404. The fourth-order valence-corrected chi connectivity index (χ4v) is 1.51. The third-order valence-electron chi connectivity index (χ3n) is 2.34. The fraction of sp³-hybridized carbons (Fsp3) is 0.429. The number of rotatable bonds is 6. The van der Waals surface area contributed by atoms with E-state index in [-0.39, 0.29) is 0 Å². The van der Waals surface area contributed by atoms with E-state index in [1.807, 2.05) is 25.1 Å². The zero-order chi connectivity index (χ0) is 12.5. The summed E-state index contributed by atoms with van der Waals surface area (Å²) in [4.78, 5) is 0. The molecule has 2 N–H and O–H groups in total. The fourth-order valence-electron chi connectivity index (χ4n) is 1.51. The van der Waals surface area contributed by atoms with Crippen molar-refractivity contribution in [1.82, 2.24) is 0 Å². The molecule has 0 amide bonds. The van der Waals surface area contributed by atoms with Crippen LogP contribution in [0.5, 0.6) is 11.5 Å². The van der Waals surface area contributed by atoms with Crippen LogP contribution in [0.1, 0.15) is 18.9 Å². The summed E-state index contributed by atoms with van der Waals surface area (Å²) < 4.78 is 10.9. The van der Waals surface area contributed by atoms with Gasteiger partial charge in [-0.05, 0) is 43.7 Å². The van der Waals surface area contributed by atoms with Gasteiger partial charge in [0, 0.05) is 6.42 Å². The summed E-state index contributed by atoms with van der Waals surface area (Å²) >= 11 is 0. The Balaban J connectivity index is 2.70.